The van der Waals surface area contributed by atoms with Crippen molar-refractivity contribution in [2.24, 2.45) is 0 Å². The highest BCUT2D eigenvalue weighted by atomic mass is 32.1. The van der Waals surface area contributed by atoms with Gasteiger partial charge in [-0.15, -0.1) is 11.3 Å². The van der Waals surface area contributed by atoms with E-state index in [-0.39, 0.29) is 31.4 Å². The molecule has 22 heavy (non-hydrogen) atoms. The topological polar surface area (TPSA) is 100 Å². The fourth-order valence-electron chi connectivity index (χ4n) is 1.56. The Kier molecular flexibility index (Phi) is 5.73. The normalized spacial score (nSPS) is 10.0. The van der Waals surface area contributed by atoms with Gasteiger partial charge in [-0.3, -0.25) is 14.4 Å². The van der Waals surface area contributed by atoms with E-state index in [1.807, 2.05) is 0 Å². The summed E-state index contributed by atoms with van der Waals surface area (Å²) in [6, 6.07) is 6.88. The van der Waals surface area contributed by atoms with Crippen molar-refractivity contribution in [1.82, 2.24) is 16.0 Å². The number of thiophene rings is 1. The number of amides is 3. The summed E-state index contributed by atoms with van der Waals surface area (Å²) in [6.07, 6.45) is 1.51. The maximum absolute atomic E-state index is 11.6. The largest absolute Gasteiger partial charge is 0.467 e. The Morgan fingerprint density at radius 3 is 2.45 bits per heavy atom. The van der Waals surface area contributed by atoms with E-state index < -0.39 is 5.91 Å². The van der Waals surface area contributed by atoms with Crippen molar-refractivity contribution in [2.45, 2.75) is 6.54 Å². The molecule has 0 aliphatic carbocycles. The van der Waals surface area contributed by atoms with Crippen LogP contribution in [0, 0.1) is 0 Å². The maximum Gasteiger partial charge on any atom is 0.261 e. The third kappa shape index (κ3) is 5.06. The van der Waals surface area contributed by atoms with Gasteiger partial charge in [0.05, 0.1) is 30.8 Å². The van der Waals surface area contributed by atoms with Gasteiger partial charge in [0.2, 0.25) is 11.8 Å². The molecule has 0 unspecified atom stereocenters. The summed E-state index contributed by atoms with van der Waals surface area (Å²) in [5.74, 6) is -0.456. The highest BCUT2D eigenvalue weighted by molar-refractivity contribution is 7.12. The monoisotopic (exact) mass is 321 g/mol. The van der Waals surface area contributed by atoms with E-state index in [9.17, 15) is 14.4 Å². The first kappa shape index (κ1) is 15.8. The fourth-order valence-corrected chi connectivity index (χ4v) is 2.20. The second-order valence-electron chi connectivity index (χ2n) is 4.29. The third-order valence-corrected chi connectivity index (χ3v) is 3.51. The van der Waals surface area contributed by atoms with E-state index in [1.165, 1.54) is 17.6 Å². The van der Waals surface area contributed by atoms with Crippen LogP contribution in [0.15, 0.2) is 40.3 Å². The molecule has 3 amide bonds. The van der Waals surface area contributed by atoms with Crippen LogP contribution < -0.4 is 16.0 Å². The first-order valence-electron chi connectivity index (χ1n) is 6.52. The molecule has 0 aromatic carbocycles. The Bertz CT molecular complexity index is 623. The second kappa shape index (κ2) is 7.99. The van der Waals surface area contributed by atoms with Gasteiger partial charge in [-0.25, -0.2) is 0 Å². The molecule has 2 rings (SSSR count). The van der Waals surface area contributed by atoms with Crippen molar-refractivity contribution in [2.75, 3.05) is 13.1 Å². The van der Waals surface area contributed by atoms with Gasteiger partial charge in [0, 0.05) is 0 Å². The highest BCUT2D eigenvalue weighted by Gasteiger charge is 2.09. The predicted octanol–water partition coefficient (Wildman–Crippen LogP) is 0.504. The molecule has 7 nitrogen and oxygen atoms in total. The number of hydrogen-bond donors (Lipinski definition) is 3. The first-order chi connectivity index (χ1) is 10.6. The SMILES string of the molecule is O=C(CNC(=O)CNC(=O)c1cccs1)NCc1ccco1. The Balaban J connectivity index is 1.60. The Hall–Kier alpha value is -2.61. The number of hydrogen-bond acceptors (Lipinski definition) is 5. The smallest absolute Gasteiger partial charge is 0.261 e. The van der Waals surface area contributed by atoms with Gasteiger partial charge in [0.15, 0.2) is 0 Å². The molecule has 0 spiro atoms. The van der Waals surface area contributed by atoms with Gasteiger partial charge in [0.1, 0.15) is 5.76 Å². The standard InChI is InChI=1S/C14H15N3O4S/c18-12(15-7-10-3-1-5-21-10)8-16-13(19)9-17-14(20)11-4-2-6-22-11/h1-6H,7-9H2,(H,15,18)(H,16,19)(H,17,20). The lowest BCUT2D eigenvalue weighted by Crippen LogP contribution is -2.41. The van der Waals surface area contributed by atoms with E-state index >= 15 is 0 Å². The number of carbonyl (C=O) groups is 3. The van der Waals surface area contributed by atoms with Crippen LogP contribution in [0.3, 0.4) is 0 Å². The van der Waals surface area contributed by atoms with Gasteiger partial charge in [0.25, 0.3) is 5.91 Å². The van der Waals surface area contributed by atoms with Gasteiger partial charge >= 0.3 is 0 Å². The molecule has 116 valence electrons. The van der Waals surface area contributed by atoms with Crippen molar-refractivity contribution in [3.05, 3.63) is 46.5 Å². The molecule has 0 fully saturated rings. The third-order valence-electron chi connectivity index (χ3n) is 2.64. The Labute approximate surface area is 130 Å². The summed E-state index contributed by atoms with van der Waals surface area (Å²) in [7, 11) is 0. The molecular weight excluding hydrogens is 306 g/mol. The first-order valence-corrected chi connectivity index (χ1v) is 7.40. The minimum absolute atomic E-state index is 0.158. The molecule has 2 aromatic heterocycles. The number of nitrogens with one attached hydrogen (secondary N) is 3. The number of furan rings is 1. The van der Waals surface area contributed by atoms with Crippen LogP contribution in [0.5, 0.6) is 0 Å². The molecule has 0 radical (unpaired) electrons. The lowest BCUT2D eigenvalue weighted by Gasteiger charge is -2.06. The molecule has 0 aliphatic heterocycles. The minimum atomic E-state index is -0.432. The molecule has 2 heterocycles. The fraction of sp³-hybridized carbons (Fsp3) is 0.214. The van der Waals surface area contributed by atoms with Crippen LogP contribution in [0.2, 0.25) is 0 Å². The Morgan fingerprint density at radius 2 is 1.77 bits per heavy atom. The van der Waals surface area contributed by atoms with Crippen molar-refractivity contribution >= 4 is 29.1 Å². The van der Waals surface area contributed by atoms with Crippen LogP contribution in [-0.2, 0) is 16.1 Å². The molecule has 8 heteroatoms. The molecule has 0 saturated carbocycles. The minimum Gasteiger partial charge on any atom is -0.467 e. The molecule has 3 N–H and O–H groups in total. The summed E-state index contributed by atoms with van der Waals surface area (Å²) in [5, 5.41) is 9.27. The zero-order valence-electron chi connectivity index (χ0n) is 11.6. The van der Waals surface area contributed by atoms with Crippen LogP contribution >= 0.6 is 11.3 Å². The molecule has 0 bridgehead atoms. The summed E-state index contributed by atoms with van der Waals surface area (Å²) >= 11 is 1.29. The number of carbonyl (C=O) groups excluding carboxylic acids is 3. The van der Waals surface area contributed by atoms with Crippen LogP contribution in [-0.4, -0.2) is 30.8 Å². The van der Waals surface area contributed by atoms with Crippen LogP contribution in [0.25, 0.3) is 0 Å². The molecule has 0 aliphatic rings. The summed E-state index contributed by atoms with van der Waals surface area (Å²) < 4.78 is 5.06. The van der Waals surface area contributed by atoms with Gasteiger partial charge in [-0.05, 0) is 23.6 Å². The van der Waals surface area contributed by atoms with E-state index in [1.54, 1.807) is 29.6 Å². The zero-order valence-corrected chi connectivity index (χ0v) is 12.4. The van der Waals surface area contributed by atoms with E-state index in [2.05, 4.69) is 16.0 Å². The number of rotatable bonds is 7. The van der Waals surface area contributed by atoms with E-state index in [0.29, 0.717) is 10.6 Å². The summed E-state index contributed by atoms with van der Waals surface area (Å²) in [5.41, 5.74) is 0. The van der Waals surface area contributed by atoms with E-state index in [4.69, 9.17) is 4.42 Å². The maximum atomic E-state index is 11.6. The molecular formula is C14H15N3O4S. The molecule has 0 saturated heterocycles. The quantitative estimate of drug-likeness (QED) is 0.691. The predicted molar refractivity (Wildman–Crippen MR) is 80.2 cm³/mol. The average Bonchev–Trinajstić information content (AvgIpc) is 3.21. The van der Waals surface area contributed by atoms with Gasteiger partial charge in [-0.1, -0.05) is 6.07 Å². The Morgan fingerprint density at radius 1 is 1.00 bits per heavy atom. The van der Waals surface area contributed by atoms with Gasteiger partial charge < -0.3 is 20.4 Å². The lowest BCUT2D eigenvalue weighted by molar-refractivity contribution is -0.125. The van der Waals surface area contributed by atoms with Crippen molar-refractivity contribution < 1.29 is 18.8 Å². The molecule has 0 atom stereocenters. The van der Waals surface area contributed by atoms with Crippen molar-refractivity contribution in [1.29, 1.82) is 0 Å². The van der Waals surface area contributed by atoms with Crippen molar-refractivity contribution in [3.63, 3.8) is 0 Å². The van der Waals surface area contributed by atoms with Gasteiger partial charge in [-0.2, -0.15) is 0 Å². The van der Waals surface area contributed by atoms with E-state index in [0.717, 1.165) is 0 Å². The lowest BCUT2D eigenvalue weighted by atomic mass is 10.4. The summed E-state index contributed by atoms with van der Waals surface area (Å²) in [4.78, 5) is 35.2. The summed E-state index contributed by atoms with van der Waals surface area (Å²) in [6.45, 7) is -0.0760. The zero-order chi connectivity index (χ0) is 15.8. The van der Waals surface area contributed by atoms with Crippen LogP contribution in [0.1, 0.15) is 15.4 Å². The van der Waals surface area contributed by atoms with Crippen molar-refractivity contribution in [3.8, 4) is 0 Å². The molecule has 2 aromatic rings. The average molecular weight is 321 g/mol. The second-order valence-corrected chi connectivity index (χ2v) is 5.24. The van der Waals surface area contributed by atoms with Crippen LogP contribution in [0.4, 0.5) is 0 Å². The highest BCUT2D eigenvalue weighted by Crippen LogP contribution is 2.07.